The lowest BCUT2D eigenvalue weighted by atomic mass is 10.1. The van der Waals surface area contributed by atoms with Crippen LogP contribution in [0, 0.1) is 27.7 Å². The van der Waals surface area contributed by atoms with Crippen LogP contribution in [0.3, 0.4) is 0 Å². The van der Waals surface area contributed by atoms with Gasteiger partial charge in [0.05, 0.1) is 10.4 Å². The van der Waals surface area contributed by atoms with Crippen molar-refractivity contribution < 1.29 is 13.2 Å². The third-order valence-electron chi connectivity index (χ3n) is 5.13. The van der Waals surface area contributed by atoms with Gasteiger partial charge in [-0.2, -0.15) is 0 Å². The number of benzene rings is 3. The summed E-state index contributed by atoms with van der Waals surface area (Å²) >= 11 is 0. The van der Waals surface area contributed by atoms with E-state index >= 15 is 0 Å². The van der Waals surface area contributed by atoms with Gasteiger partial charge in [0.15, 0.2) is 0 Å². The Labute approximate surface area is 182 Å². The normalized spacial score (nSPS) is 11.5. The predicted octanol–water partition coefficient (Wildman–Crippen LogP) is 6.06. The van der Waals surface area contributed by atoms with Gasteiger partial charge in [-0.1, -0.05) is 23.8 Å². The molecule has 0 unspecified atom stereocenters. The molecule has 5 nitrogen and oxygen atoms in total. The number of nitrogens with zero attached hydrogens (tertiary/aromatic N) is 1. The van der Waals surface area contributed by atoms with Gasteiger partial charge in [0.1, 0.15) is 11.5 Å². The minimum Gasteiger partial charge on any atom is -0.457 e. The zero-order valence-electron chi connectivity index (χ0n) is 17.9. The molecule has 6 heteroatoms. The first-order valence-electron chi connectivity index (χ1n) is 9.97. The van der Waals surface area contributed by atoms with E-state index in [9.17, 15) is 8.42 Å². The van der Waals surface area contributed by atoms with Crippen LogP contribution in [-0.4, -0.2) is 13.4 Å². The summed E-state index contributed by atoms with van der Waals surface area (Å²) < 4.78 is 34.7. The summed E-state index contributed by atoms with van der Waals surface area (Å²) in [4.78, 5) is 4.60. The monoisotopic (exact) mass is 432 g/mol. The van der Waals surface area contributed by atoms with Gasteiger partial charge in [-0.3, -0.25) is 9.71 Å². The third-order valence-corrected chi connectivity index (χ3v) is 6.67. The van der Waals surface area contributed by atoms with E-state index in [1.807, 2.05) is 57.2 Å². The molecule has 0 aliphatic heterocycles. The molecule has 0 amide bonds. The Morgan fingerprint density at radius 2 is 1.58 bits per heavy atom. The molecule has 1 aromatic heterocycles. The maximum absolute atomic E-state index is 12.9. The molecule has 4 rings (SSSR count). The standard InChI is InChI=1S/C25H24N2O3S/c1-16-7-10-24(17(2)12-16)31(28,29)27-21-13-18(3)25(19(4)14-21)30-22-8-9-23-20(15-22)6-5-11-26-23/h5-15,27H,1-4H3. The van der Waals surface area contributed by atoms with Gasteiger partial charge in [-0.05, 0) is 86.8 Å². The predicted molar refractivity (Wildman–Crippen MR) is 124 cm³/mol. The topological polar surface area (TPSA) is 68.3 Å². The summed E-state index contributed by atoms with van der Waals surface area (Å²) in [5.41, 5.74) is 4.82. The lowest BCUT2D eigenvalue weighted by Gasteiger charge is -2.16. The highest BCUT2D eigenvalue weighted by molar-refractivity contribution is 7.92. The SMILES string of the molecule is Cc1ccc(S(=O)(=O)Nc2cc(C)c(Oc3ccc4ncccc4c3)c(C)c2)c(C)c1. The number of hydrogen-bond donors (Lipinski definition) is 1. The lowest BCUT2D eigenvalue weighted by molar-refractivity contribution is 0.476. The highest BCUT2D eigenvalue weighted by Gasteiger charge is 2.18. The highest BCUT2D eigenvalue weighted by Crippen LogP contribution is 2.33. The molecule has 0 bridgehead atoms. The number of hydrogen-bond acceptors (Lipinski definition) is 4. The first-order valence-corrected chi connectivity index (χ1v) is 11.5. The number of fused-ring (bicyclic) bond motifs is 1. The highest BCUT2D eigenvalue weighted by atomic mass is 32.2. The average molecular weight is 433 g/mol. The lowest BCUT2D eigenvalue weighted by Crippen LogP contribution is -2.14. The second-order valence-electron chi connectivity index (χ2n) is 7.77. The molecule has 3 aromatic carbocycles. The van der Waals surface area contributed by atoms with Gasteiger partial charge < -0.3 is 4.74 Å². The van der Waals surface area contributed by atoms with Crippen molar-refractivity contribution in [2.24, 2.45) is 0 Å². The zero-order chi connectivity index (χ0) is 22.2. The van der Waals surface area contributed by atoms with Crippen LogP contribution in [-0.2, 0) is 10.0 Å². The van der Waals surface area contributed by atoms with Crippen molar-refractivity contribution in [2.45, 2.75) is 32.6 Å². The fraction of sp³-hybridized carbons (Fsp3) is 0.160. The van der Waals surface area contributed by atoms with Crippen LogP contribution in [0.1, 0.15) is 22.3 Å². The Bertz CT molecular complexity index is 1370. The molecule has 1 N–H and O–H groups in total. The third kappa shape index (κ3) is 4.39. The van der Waals surface area contributed by atoms with E-state index in [0.717, 1.165) is 27.6 Å². The van der Waals surface area contributed by atoms with E-state index in [4.69, 9.17) is 4.74 Å². The van der Waals surface area contributed by atoms with Gasteiger partial charge in [0.25, 0.3) is 10.0 Å². The molecule has 1 heterocycles. The smallest absolute Gasteiger partial charge is 0.262 e. The van der Waals surface area contributed by atoms with Gasteiger partial charge >= 0.3 is 0 Å². The van der Waals surface area contributed by atoms with Crippen LogP contribution in [0.5, 0.6) is 11.5 Å². The van der Waals surface area contributed by atoms with Crippen LogP contribution < -0.4 is 9.46 Å². The van der Waals surface area contributed by atoms with Crippen molar-refractivity contribution in [3.8, 4) is 11.5 Å². The van der Waals surface area contributed by atoms with E-state index in [1.165, 1.54) is 0 Å². The van der Waals surface area contributed by atoms with Crippen LogP contribution in [0.2, 0.25) is 0 Å². The maximum atomic E-state index is 12.9. The van der Waals surface area contributed by atoms with Crippen molar-refractivity contribution >= 4 is 26.6 Å². The quantitative estimate of drug-likeness (QED) is 0.416. The van der Waals surface area contributed by atoms with Gasteiger partial charge in [-0.25, -0.2) is 8.42 Å². The maximum Gasteiger partial charge on any atom is 0.262 e. The van der Waals surface area contributed by atoms with E-state index in [1.54, 1.807) is 37.4 Å². The Balaban J connectivity index is 1.62. The van der Waals surface area contributed by atoms with Crippen LogP contribution in [0.25, 0.3) is 10.9 Å². The Kier molecular flexibility index (Phi) is 5.41. The summed E-state index contributed by atoms with van der Waals surface area (Å²) in [7, 11) is -3.69. The van der Waals surface area contributed by atoms with Crippen molar-refractivity contribution in [3.05, 3.63) is 89.1 Å². The van der Waals surface area contributed by atoms with E-state index < -0.39 is 10.0 Å². The minimum absolute atomic E-state index is 0.276. The zero-order valence-corrected chi connectivity index (χ0v) is 18.7. The number of aryl methyl sites for hydroxylation is 4. The molecule has 0 aliphatic rings. The molecule has 31 heavy (non-hydrogen) atoms. The van der Waals surface area contributed by atoms with Crippen molar-refractivity contribution in [2.75, 3.05) is 4.72 Å². The van der Waals surface area contributed by atoms with Crippen LogP contribution in [0.15, 0.2) is 71.8 Å². The average Bonchev–Trinajstić information content (AvgIpc) is 2.70. The van der Waals surface area contributed by atoms with E-state index in [0.29, 0.717) is 22.7 Å². The molecule has 0 fully saturated rings. The molecule has 0 atom stereocenters. The van der Waals surface area contributed by atoms with Crippen molar-refractivity contribution in [1.29, 1.82) is 0 Å². The van der Waals surface area contributed by atoms with E-state index in [-0.39, 0.29) is 4.90 Å². The fourth-order valence-corrected chi connectivity index (χ4v) is 4.98. The molecule has 158 valence electrons. The van der Waals surface area contributed by atoms with E-state index in [2.05, 4.69) is 9.71 Å². The molecular weight excluding hydrogens is 408 g/mol. The Hall–Kier alpha value is -3.38. The molecule has 0 radical (unpaired) electrons. The summed E-state index contributed by atoms with van der Waals surface area (Å²) in [6, 6.07) is 18.5. The van der Waals surface area contributed by atoms with Gasteiger partial charge in [0.2, 0.25) is 0 Å². The summed E-state index contributed by atoms with van der Waals surface area (Å²) in [5.74, 6) is 1.41. The molecular formula is C25H24N2O3S. The van der Waals surface area contributed by atoms with Crippen LogP contribution >= 0.6 is 0 Å². The number of aromatic nitrogens is 1. The fourth-order valence-electron chi connectivity index (χ4n) is 3.72. The second-order valence-corrected chi connectivity index (χ2v) is 9.42. The van der Waals surface area contributed by atoms with Crippen LogP contribution in [0.4, 0.5) is 5.69 Å². The number of nitrogens with one attached hydrogen (secondary N) is 1. The van der Waals surface area contributed by atoms with Gasteiger partial charge in [0, 0.05) is 17.3 Å². The minimum atomic E-state index is -3.69. The van der Waals surface area contributed by atoms with Crippen molar-refractivity contribution in [1.82, 2.24) is 4.98 Å². The second kappa shape index (κ2) is 8.04. The Morgan fingerprint density at radius 3 is 2.29 bits per heavy atom. The summed E-state index contributed by atoms with van der Waals surface area (Å²) in [6.45, 7) is 7.54. The summed E-state index contributed by atoms with van der Waals surface area (Å²) in [6.07, 6.45) is 1.76. The van der Waals surface area contributed by atoms with Crippen molar-refractivity contribution in [3.63, 3.8) is 0 Å². The largest absolute Gasteiger partial charge is 0.457 e. The number of ether oxygens (including phenoxy) is 1. The summed E-state index contributed by atoms with van der Waals surface area (Å²) in [5, 5.41) is 0.994. The van der Waals surface area contributed by atoms with Gasteiger partial charge in [-0.15, -0.1) is 0 Å². The number of rotatable bonds is 5. The number of sulfonamides is 1. The molecule has 0 aliphatic carbocycles. The number of pyridine rings is 1. The molecule has 0 spiro atoms. The Morgan fingerprint density at radius 1 is 0.839 bits per heavy atom. The number of anilines is 1. The molecule has 0 saturated heterocycles. The molecule has 0 saturated carbocycles. The molecule has 4 aromatic rings. The first-order chi connectivity index (χ1) is 14.7. The first kappa shape index (κ1) is 20.9.